The number of hydrogen-bond donors (Lipinski definition) is 3. The summed E-state index contributed by atoms with van der Waals surface area (Å²) < 4.78 is 20.9. The summed E-state index contributed by atoms with van der Waals surface area (Å²) in [7, 11) is 0. The Kier molecular flexibility index (Phi) is 2.94. The molecule has 114 valence electrons. The summed E-state index contributed by atoms with van der Waals surface area (Å²) in [5.74, 6) is 0.00848. The highest BCUT2D eigenvalue weighted by Gasteiger charge is 2.87. The molecular formula is C13H16FN3O4. The predicted molar refractivity (Wildman–Crippen MR) is 71.0 cm³/mol. The van der Waals surface area contributed by atoms with Gasteiger partial charge in [-0.2, -0.15) is 4.98 Å². The molecule has 2 fully saturated rings. The second-order valence-electron chi connectivity index (χ2n) is 5.28. The van der Waals surface area contributed by atoms with Crippen molar-refractivity contribution in [3.8, 4) is 0 Å². The van der Waals surface area contributed by atoms with E-state index in [0.717, 1.165) is 4.57 Å². The Morgan fingerprint density at radius 1 is 1.67 bits per heavy atom. The number of aliphatic hydroxyl groups is 2. The minimum absolute atomic E-state index is 0.00848. The van der Waals surface area contributed by atoms with E-state index in [1.807, 2.05) is 6.92 Å². The molecule has 0 radical (unpaired) electrons. The highest BCUT2D eigenvalue weighted by atomic mass is 19.1. The van der Waals surface area contributed by atoms with E-state index in [9.17, 15) is 19.4 Å². The molecular weight excluding hydrogens is 281 g/mol. The third kappa shape index (κ3) is 1.63. The molecule has 1 saturated carbocycles. The van der Waals surface area contributed by atoms with E-state index in [0.29, 0.717) is 6.42 Å². The summed E-state index contributed by atoms with van der Waals surface area (Å²) >= 11 is 0. The van der Waals surface area contributed by atoms with Gasteiger partial charge >= 0.3 is 5.69 Å². The number of halogens is 1. The van der Waals surface area contributed by atoms with Crippen LogP contribution in [0.2, 0.25) is 0 Å². The van der Waals surface area contributed by atoms with Crippen molar-refractivity contribution in [1.82, 2.24) is 9.55 Å². The zero-order chi connectivity index (χ0) is 15.4. The molecule has 2 aliphatic rings. The van der Waals surface area contributed by atoms with Gasteiger partial charge < -0.3 is 20.7 Å². The van der Waals surface area contributed by atoms with Crippen LogP contribution in [0.4, 0.5) is 10.2 Å². The highest BCUT2D eigenvalue weighted by Crippen LogP contribution is 2.64. The van der Waals surface area contributed by atoms with E-state index < -0.39 is 35.4 Å². The molecule has 1 aromatic rings. The van der Waals surface area contributed by atoms with Crippen LogP contribution < -0.4 is 11.4 Å². The van der Waals surface area contributed by atoms with Gasteiger partial charge in [-0.05, 0) is 12.5 Å². The number of hydrogen-bond acceptors (Lipinski definition) is 6. The lowest BCUT2D eigenvalue weighted by molar-refractivity contribution is -0.0802. The molecule has 3 rings (SSSR count). The molecule has 0 aromatic carbocycles. The van der Waals surface area contributed by atoms with Gasteiger partial charge in [0.15, 0.2) is 23.6 Å². The largest absolute Gasteiger partial charge is 0.386 e. The highest BCUT2D eigenvalue weighted by molar-refractivity contribution is 5.42. The van der Waals surface area contributed by atoms with Crippen LogP contribution in [0.3, 0.4) is 0 Å². The summed E-state index contributed by atoms with van der Waals surface area (Å²) in [5.41, 5.74) is 1.02. The molecule has 4 N–H and O–H groups in total. The van der Waals surface area contributed by atoms with E-state index in [2.05, 4.69) is 4.98 Å². The van der Waals surface area contributed by atoms with E-state index >= 15 is 0 Å². The Labute approximate surface area is 119 Å². The van der Waals surface area contributed by atoms with Crippen molar-refractivity contribution in [3.63, 3.8) is 0 Å². The fourth-order valence-corrected chi connectivity index (χ4v) is 2.83. The summed E-state index contributed by atoms with van der Waals surface area (Å²) in [5, 5.41) is 20.1. The first-order valence-electron chi connectivity index (χ1n) is 6.63. The Balaban J connectivity index is 1.98. The Hall–Kier alpha value is -1.77. The average Bonchev–Trinajstić information content (AvgIpc) is 2.79. The molecule has 5 atom stereocenters. The smallest absolute Gasteiger partial charge is 0.351 e. The molecule has 1 aromatic heterocycles. The second kappa shape index (κ2) is 4.36. The third-order valence-corrected chi connectivity index (χ3v) is 4.08. The van der Waals surface area contributed by atoms with Crippen LogP contribution in [0.25, 0.3) is 0 Å². The number of alkyl halides is 1. The number of rotatable bonds is 3. The van der Waals surface area contributed by atoms with Crippen molar-refractivity contribution in [3.05, 3.63) is 34.9 Å². The molecule has 2 heterocycles. The lowest BCUT2D eigenvalue weighted by Crippen LogP contribution is -2.38. The SMILES string of the molecule is CC/C=C/[C@]12O[C@@H](n3ccc(N)nc3=O)[C@H](F)[C@@]1(O)C2O. The monoisotopic (exact) mass is 297 g/mol. The number of fused-ring (bicyclic) bond motifs is 1. The number of ether oxygens (including phenoxy) is 1. The zero-order valence-electron chi connectivity index (χ0n) is 11.3. The maximum Gasteiger partial charge on any atom is 0.351 e. The fraction of sp³-hybridized carbons (Fsp3) is 0.538. The van der Waals surface area contributed by atoms with Gasteiger partial charge in [0.1, 0.15) is 11.9 Å². The van der Waals surface area contributed by atoms with Crippen LogP contribution in [0.1, 0.15) is 19.6 Å². The van der Waals surface area contributed by atoms with Gasteiger partial charge in [0.2, 0.25) is 0 Å². The number of aliphatic hydroxyl groups excluding tert-OH is 1. The Morgan fingerprint density at radius 2 is 2.38 bits per heavy atom. The molecule has 1 saturated heterocycles. The minimum atomic E-state index is -2.05. The molecule has 1 aliphatic carbocycles. The molecule has 8 heteroatoms. The second-order valence-corrected chi connectivity index (χ2v) is 5.28. The van der Waals surface area contributed by atoms with Gasteiger partial charge in [-0.1, -0.05) is 19.1 Å². The van der Waals surface area contributed by atoms with Crippen LogP contribution in [-0.4, -0.2) is 43.2 Å². The van der Waals surface area contributed by atoms with Gasteiger partial charge in [-0.25, -0.2) is 9.18 Å². The molecule has 1 unspecified atom stereocenters. The zero-order valence-corrected chi connectivity index (χ0v) is 11.3. The van der Waals surface area contributed by atoms with Crippen LogP contribution in [0.15, 0.2) is 29.2 Å². The van der Waals surface area contributed by atoms with Crippen LogP contribution >= 0.6 is 0 Å². The molecule has 0 spiro atoms. The number of nitrogens with two attached hydrogens (primary N) is 1. The van der Waals surface area contributed by atoms with Gasteiger partial charge in [-0.3, -0.25) is 4.57 Å². The van der Waals surface area contributed by atoms with Gasteiger partial charge in [0, 0.05) is 6.20 Å². The first-order valence-corrected chi connectivity index (χ1v) is 6.63. The van der Waals surface area contributed by atoms with E-state index in [1.165, 1.54) is 18.3 Å². The number of nitrogens with zero attached hydrogens (tertiary/aromatic N) is 2. The maximum atomic E-state index is 14.5. The predicted octanol–water partition coefficient (Wildman–Crippen LogP) is -0.497. The quantitative estimate of drug-likeness (QED) is 0.649. The van der Waals surface area contributed by atoms with Crippen molar-refractivity contribution in [2.45, 2.75) is 43.1 Å². The normalized spacial score (nSPS) is 41.4. The molecule has 0 amide bonds. The lowest BCUT2D eigenvalue weighted by Gasteiger charge is -2.21. The first-order chi connectivity index (χ1) is 9.88. The van der Waals surface area contributed by atoms with Crippen LogP contribution in [0, 0.1) is 0 Å². The molecule has 0 bridgehead atoms. The molecule has 1 aliphatic heterocycles. The van der Waals surface area contributed by atoms with Crippen molar-refractivity contribution in [2.24, 2.45) is 0 Å². The third-order valence-electron chi connectivity index (χ3n) is 4.08. The number of aromatic nitrogens is 2. The van der Waals surface area contributed by atoms with E-state index in [1.54, 1.807) is 6.08 Å². The van der Waals surface area contributed by atoms with Crippen molar-refractivity contribution < 1.29 is 19.3 Å². The van der Waals surface area contributed by atoms with Crippen LogP contribution in [-0.2, 0) is 4.74 Å². The average molecular weight is 297 g/mol. The number of anilines is 1. The first kappa shape index (κ1) is 14.2. The van der Waals surface area contributed by atoms with Crippen molar-refractivity contribution in [2.75, 3.05) is 5.73 Å². The van der Waals surface area contributed by atoms with Crippen molar-refractivity contribution in [1.29, 1.82) is 0 Å². The van der Waals surface area contributed by atoms with Crippen molar-refractivity contribution >= 4 is 5.82 Å². The van der Waals surface area contributed by atoms with E-state index in [4.69, 9.17) is 10.5 Å². The number of allylic oxidation sites excluding steroid dienone is 1. The topological polar surface area (TPSA) is 111 Å². The van der Waals surface area contributed by atoms with E-state index in [-0.39, 0.29) is 5.82 Å². The summed E-state index contributed by atoms with van der Waals surface area (Å²) in [4.78, 5) is 15.3. The molecule has 21 heavy (non-hydrogen) atoms. The van der Waals surface area contributed by atoms with Gasteiger partial charge in [0.05, 0.1) is 0 Å². The van der Waals surface area contributed by atoms with Gasteiger partial charge in [-0.15, -0.1) is 0 Å². The maximum absolute atomic E-state index is 14.5. The fourth-order valence-electron chi connectivity index (χ4n) is 2.83. The summed E-state index contributed by atoms with van der Waals surface area (Å²) in [6.07, 6.45) is 0.313. The molecule has 7 nitrogen and oxygen atoms in total. The van der Waals surface area contributed by atoms with Gasteiger partial charge in [0.25, 0.3) is 0 Å². The standard InChI is InChI=1S/C13H16FN3O4/c1-2-3-5-12-10(18)13(12,20)8(14)9(21-12)17-6-4-7(15)16-11(17)19/h3-6,8-10,18,20H,2H2,1H3,(H2,15,16,19)/b5-3+/t8-,9+,10?,12+,13+/m0/s1. The summed E-state index contributed by atoms with van der Waals surface area (Å²) in [6.45, 7) is 1.86. The Morgan fingerprint density at radius 3 is 3.00 bits per heavy atom. The summed E-state index contributed by atoms with van der Waals surface area (Å²) in [6, 6.07) is 1.33. The minimum Gasteiger partial charge on any atom is -0.386 e. The number of nitrogen functional groups attached to an aromatic ring is 1. The lowest BCUT2D eigenvalue weighted by atomic mass is 10.1. The van der Waals surface area contributed by atoms with Crippen LogP contribution in [0.5, 0.6) is 0 Å². The Bertz CT molecular complexity index is 663.